The zero-order valence-electron chi connectivity index (χ0n) is 15.0. The van der Waals surface area contributed by atoms with Crippen molar-refractivity contribution in [3.05, 3.63) is 89.0 Å². The molecule has 0 radical (unpaired) electrons. The maximum Gasteiger partial charge on any atom is 0.411 e. The van der Waals surface area contributed by atoms with Gasteiger partial charge in [-0.3, -0.25) is 5.32 Å². The van der Waals surface area contributed by atoms with Gasteiger partial charge in [-0.25, -0.2) is 18.4 Å². The first kappa shape index (κ1) is 18.6. The highest BCUT2D eigenvalue weighted by Crippen LogP contribution is 2.44. The molecular weight excluding hydrogens is 380 g/mol. The molecule has 0 bridgehead atoms. The number of hydrogen-bond donors (Lipinski definition) is 2. The van der Waals surface area contributed by atoms with Gasteiger partial charge in [0.15, 0.2) is 11.6 Å². The Morgan fingerprint density at radius 2 is 1.48 bits per heavy atom. The molecule has 0 aliphatic heterocycles. The molecule has 0 unspecified atom stereocenters. The summed E-state index contributed by atoms with van der Waals surface area (Å²) in [5, 5.41) is 10.9. The molecule has 0 saturated carbocycles. The Balaban J connectivity index is 1.50. The summed E-state index contributed by atoms with van der Waals surface area (Å²) in [6.07, 6.45) is -0.965. The van der Waals surface area contributed by atoms with Crippen LogP contribution in [0.5, 0.6) is 0 Å². The second-order valence-corrected chi connectivity index (χ2v) is 6.54. The molecule has 0 saturated heterocycles. The summed E-state index contributed by atoms with van der Waals surface area (Å²) < 4.78 is 33.0. The van der Waals surface area contributed by atoms with Crippen molar-refractivity contribution in [3.8, 4) is 11.1 Å². The number of benzene rings is 3. The van der Waals surface area contributed by atoms with Crippen molar-refractivity contribution in [2.75, 3.05) is 11.9 Å². The van der Waals surface area contributed by atoms with Crippen molar-refractivity contribution >= 4 is 17.7 Å². The molecule has 2 N–H and O–H groups in total. The second-order valence-electron chi connectivity index (χ2n) is 6.54. The number of nitrogens with one attached hydrogen (secondary N) is 1. The van der Waals surface area contributed by atoms with Crippen molar-refractivity contribution < 1.29 is 28.2 Å². The van der Waals surface area contributed by atoms with Gasteiger partial charge in [0, 0.05) is 5.92 Å². The van der Waals surface area contributed by atoms with E-state index in [0.717, 1.165) is 34.4 Å². The van der Waals surface area contributed by atoms with Crippen LogP contribution in [0.1, 0.15) is 27.4 Å². The zero-order valence-corrected chi connectivity index (χ0v) is 15.0. The van der Waals surface area contributed by atoms with Gasteiger partial charge in [0.05, 0.1) is 11.3 Å². The van der Waals surface area contributed by atoms with Crippen LogP contribution in [0.15, 0.2) is 60.7 Å². The molecule has 1 amide bonds. The molecule has 0 spiro atoms. The summed E-state index contributed by atoms with van der Waals surface area (Å²) in [5.74, 6) is -4.79. The van der Waals surface area contributed by atoms with Crippen molar-refractivity contribution in [2.45, 2.75) is 5.92 Å². The quantitative estimate of drug-likeness (QED) is 0.650. The third-order valence-electron chi connectivity index (χ3n) is 4.89. The van der Waals surface area contributed by atoms with Crippen LogP contribution in [-0.2, 0) is 4.74 Å². The van der Waals surface area contributed by atoms with E-state index in [9.17, 15) is 18.4 Å². The van der Waals surface area contributed by atoms with E-state index >= 15 is 0 Å². The van der Waals surface area contributed by atoms with Crippen LogP contribution in [0.4, 0.5) is 19.3 Å². The van der Waals surface area contributed by atoms with E-state index in [1.807, 2.05) is 48.5 Å². The van der Waals surface area contributed by atoms with Crippen LogP contribution in [-0.4, -0.2) is 23.8 Å². The zero-order chi connectivity index (χ0) is 20.5. The van der Waals surface area contributed by atoms with Crippen LogP contribution >= 0.6 is 0 Å². The highest BCUT2D eigenvalue weighted by atomic mass is 19.2. The van der Waals surface area contributed by atoms with E-state index in [0.29, 0.717) is 0 Å². The van der Waals surface area contributed by atoms with Gasteiger partial charge in [-0.05, 0) is 34.4 Å². The number of carbonyl (C=O) groups is 2. The molecular formula is C22H15F2NO4. The Kier molecular flexibility index (Phi) is 4.72. The Morgan fingerprint density at radius 1 is 0.897 bits per heavy atom. The highest BCUT2D eigenvalue weighted by Gasteiger charge is 2.29. The predicted molar refractivity (Wildman–Crippen MR) is 102 cm³/mol. The number of fused-ring (bicyclic) bond motifs is 3. The summed E-state index contributed by atoms with van der Waals surface area (Å²) in [7, 11) is 0. The topological polar surface area (TPSA) is 75.6 Å². The molecule has 0 atom stereocenters. The summed E-state index contributed by atoms with van der Waals surface area (Å²) in [6, 6.07) is 17.4. The van der Waals surface area contributed by atoms with Crippen molar-refractivity contribution in [1.82, 2.24) is 0 Å². The fourth-order valence-electron chi connectivity index (χ4n) is 3.56. The van der Waals surface area contributed by atoms with Gasteiger partial charge in [-0.15, -0.1) is 0 Å². The van der Waals surface area contributed by atoms with Gasteiger partial charge in [0.2, 0.25) is 0 Å². The Labute approximate surface area is 164 Å². The number of aromatic carboxylic acids is 1. The summed E-state index contributed by atoms with van der Waals surface area (Å²) in [6.45, 7) is 0.0111. The first-order chi connectivity index (χ1) is 14.0. The molecule has 1 aliphatic rings. The summed E-state index contributed by atoms with van der Waals surface area (Å²) >= 11 is 0. The Hall–Kier alpha value is -3.74. The summed E-state index contributed by atoms with van der Waals surface area (Å²) in [4.78, 5) is 23.0. The fraction of sp³-hybridized carbons (Fsp3) is 0.0909. The molecule has 146 valence electrons. The third-order valence-corrected chi connectivity index (χ3v) is 4.89. The number of ether oxygens (including phenoxy) is 1. The Morgan fingerprint density at radius 3 is 2.07 bits per heavy atom. The van der Waals surface area contributed by atoms with Crippen molar-refractivity contribution in [3.63, 3.8) is 0 Å². The smallest absolute Gasteiger partial charge is 0.411 e. The van der Waals surface area contributed by atoms with Gasteiger partial charge < -0.3 is 9.84 Å². The van der Waals surface area contributed by atoms with Gasteiger partial charge >= 0.3 is 12.1 Å². The minimum absolute atomic E-state index is 0.0111. The molecule has 1 aliphatic carbocycles. The average Bonchev–Trinajstić information content (AvgIpc) is 3.03. The minimum Gasteiger partial charge on any atom is -0.478 e. The second kappa shape index (κ2) is 7.35. The lowest BCUT2D eigenvalue weighted by Crippen LogP contribution is -2.19. The predicted octanol–water partition coefficient (Wildman–Crippen LogP) is 5.02. The van der Waals surface area contributed by atoms with Crippen LogP contribution in [0.25, 0.3) is 11.1 Å². The summed E-state index contributed by atoms with van der Waals surface area (Å²) in [5.41, 5.74) is 2.85. The number of carbonyl (C=O) groups excluding carboxylic acids is 1. The highest BCUT2D eigenvalue weighted by molar-refractivity contribution is 5.90. The lowest BCUT2D eigenvalue weighted by atomic mass is 9.98. The molecule has 7 heteroatoms. The van der Waals surface area contributed by atoms with E-state index < -0.39 is 34.9 Å². The van der Waals surface area contributed by atoms with E-state index in [1.54, 1.807) is 0 Å². The fourth-order valence-corrected chi connectivity index (χ4v) is 3.56. The number of rotatable bonds is 4. The van der Waals surface area contributed by atoms with Crippen molar-refractivity contribution in [1.29, 1.82) is 0 Å². The number of amides is 1. The molecule has 0 aromatic heterocycles. The first-order valence-corrected chi connectivity index (χ1v) is 8.80. The normalized spacial score (nSPS) is 12.2. The number of halogens is 2. The molecule has 0 heterocycles. The maximum atomic E-state index is 14.0. The number of carboxylic acids is 1. The van der Waals surface area contributed by atoms with E-state index in [-0.39, 0.29) is 12.5 Å². The lowest BCUT2D eigenvalue weighted by molar-refractivity contribution is 0.0690. The van der Waals surface area contributed by atoms with Crippen LogP contribution in [0.2, 0.25) is 0 Å². The van der Waals surface area contributed by atoms with Crippen LogP contribution in [0.3, 0.4) is 0 Å². The number of anilines is 1. The van der Waals surface area contributed by atoms with E-state index in [2.05, 4.69) is 5.32 Å². The van der Waals surface area contributed by atoms with E-state index in [1.165, 1.54) is 0 Å². The van der Waals surface area contributed by atoms with Crippen LogP contribution < -0.4 is 5.32 Å². The van der Waals surface area contributed by atoms with E-state index in [4.69, 9.17) is 9.84 Å². The molecule has 3 aromatic rings. The maximum absolute atomic E-state index is 14.0. The van der Waals surface area contributed by atoms with Gasteiger partial charge in [-0.2, -0.15) is 0 Å². The largest absolute Gasteiger partial charge is 0.478 e. The first-order valence-electron chi connectivity index (χ1n) is 8.80. The molecule has 4 rings (SSSR count). The molecule has 3 aromatic carbocycles. The van der Waals surface area contributed by atoms with Crippen LogP contribution in [0, 0.1) is 11.6 Å². The Bertz CT molecular complexity index is 1080. The standard InChI is InChI=1S/C22H15F2NO4/c23-19-16(21(26)27)9-10-18(20(19)24)25-22(28)29-11-17-14-7-3-1-5-12(14)13-6-2-4-8-15(13)17/h1-10,17H,11H2,(H,25,28)(H,26,27). The number of carboxylic acid groups (broad SMARTS) is 1. The molecule has 0 fully saturated rings. The monoisotopic (exact) mass is 395 g/mol. The number of hydrogen-bond acceptors (Lipinski definition) is 3. The lowest BCUT2D eigenvalue weighted by Gasteiger charge is -2.15. The SMILES string of the molecule is O=C(Nc1ccc(C(=O)O)c(F)c1F)OCC1c2ccccc2-c2ccccc21. The van der Waals surface area contributed by atoms with Gasteiger partial charge in [0.25, 0.3) is 0 Å². The van der Waals surface area contributed by atoms with Gasteiger partial charge in [0.1, 0.15) is 6.61 Å². The van der Waals surface area contributed by atoms with Crippen molar-refractivity contribution in [2.24, 2.45) is 0 Å². The molecule has 5 nitrogen and oxygen atoms in total. The third kappa shape index (κ3) is 3.31. The van der Waals surface area contributed by atoms with Gasteiger partial charge in [-0.1, -0.05) is 48.5 Å². The average molecular weight is 395 g/mol. The molecule has 29 heavy (non-hydrogen) atoms. The minimum atomic E-state index is -1.60.